The second kappa shape index (κ2) is 6.29. The molecule has 0 spiro atoms. The van der Waals surface area contributed by atoms with E-state index >= 15 is 0 Å². The van der Waals surface area contributed by atoms with Crippen LogP contribution in [0.3, 0.4) is 0 Å². The zero-order valence-corrected chi connectivity index (χ0v) is 11.1. The lowest BCUT2D eigenvalue weighted by Gasteiger charge is -2.09. The minimum Gasteiger partial charge on any atom is -0.328 e. The third-order valence-electron chi connectivity index (χ3n) is 3.02. The van der Waals surface area contributed by atoms with Crippen LogP contribution in [0.2, 0.25) is 0 Å². The summed E-state index contributed by atoms with van der Waals surface area (Å²) in [5, 5.41) is 4.99. The smallest absolute Gasteiger partial charge is 0.224 e. The molecule has 1 atom stereocenters. The standard InChI is InChI=1S/C15H19N3O/c1-11(16)4-2-7-15(19)18-14-6-3-5-12-10-17-9-8-13(12)14/h3,5-6,8-11H,2,4,7,16H2,1H3,(H,18,19). The Hall–Kier alpha value is -1.94. The van der Waals surface area contributed by atoms with Gasteiger partial charge in [0.1, 0.15) is 0 Å². The number of benzene rings is 1. The molecule has 3 N–H and O–H groups in total. The Morgan fingerprint density at radius 1 is 1.42 bits per heavy atom. The molecule has 4 heteroatoms. The summed E-state index contributed by atoms with van der Waals surface area (Å²) in [4.78, 5) is 15.9. The third-order valence-corrected chi connectivity index (χ3v) is 3.02. The normalized spacial score (nSPS) is 12.3. The number of hydrogen-bond acceptors (Lipinski definition) is 3. The lowest BCUT2D eigenvalue weighted by atomic mass is 10.1. The molecule has 2 rings (SSSR count). The Labute approximate surface area is 113 Å². The molecule has 0 aliphatic rings. The van der Waals surface area contributed by atoms with Crippen LogP contribution in [-0.2, 0) is 4.79 Å². The van der Waals surface area contributed by atoms with Gasteiger partial charge in [-0.05, 0) is 31.9 Å². The maximum absolute atomic E-state index is 11.9. The van der Waals surface area contributed by atoms with Gasteiger partial charge in [-0.15, -0.1) is 0 Å². The highest BCUT2D eigenvalue weighted by Gasteiger charge is 2.06. The number of pyridine rings is 1. The van der Waals surface area contributed by atoms with Gasteiger partial charge in [0.2, 0.25) is 5.91 Å². The molecule has 1 aromatic carbocycles. The number of amides is 1. The number of hydrogen-bond donors (Lipinski definition) is 2. The molecule has 19 heavy (non-hydrogen) atoms. The van der Waals surface area contributed by atoms with Gasteiger partial charge in [0.25, 0.3) is 0 Å². The van der Waals surface area contributed by atoms with Crippen LogP contribution in [-0.4, -0.2) is 16.9 Å². The number of nitrogens with one attached hydrogen (secondary N) is 1. The summed E-state index contributed by atoms with van der Waals surface area (Å²) < 4.78 is 0. The molecule has 0 saturated carbocycles. The second-order valence-electron chi connectivity index (χ2n) is 4.82. The van der Waals surface area contributed by atoms with Gasteiger partial charge in [0.05, 0.1) is 0 Å². The molecule has 4 nitrogen and oxygen atoms in total. The number of carbonyl (C=O) groups is 1. The number of carbonyl (C=O) groups excluding carboxylic acids is 1. The first kappa shape index (κ1) is 13.5. The van der Waals surface area contributed by atoms with Crippen molar-refractivity contribution < 1.29 is 4.79 Å². The van der Waals surface area contributed by atoms with Crippen molar-refractivity contribution in [1.82, 2.24) is 4.98 Å². The Morgan fingerprint density at radius 3 is 3.05 bits per heavy atom. The molecule has 0 aliphatic carbocycles. The zero-order chi connectivity index (χ0) is 13.7. The molecule has 0 aliphatic heterocycles. The number of nitrogens with two attached hydrogens (primary N) is 1. The Kier molecular flexibility index (Phi) is 4.47. The molecule has 100 valence electrons. The van der Waals surface area contributed by atoms with E-state index in [2.05, 4.69) is 10.3 Å². The molecule has 0 fully saturated rings. The van der Waals surface area contributed by atoms with Gasteiger partial charge in [0.15, 0.2) is 0 Å². The minimum absolute atomic E-state index is 0.0324. The monoisotopic (exact) mass is 257 g/mol. The highest BCUT2D eigenvalue weighted by Crippen LogP contribution is 2.22. The summed E-state index contributed by atoms with van der Waals surface area (Å²) in [6, 6.07) is 7.87. The summed E-state index contributed by atoms with van der Waals surface area (Å²) in [6.45, 7) is 1.95. The van der Waals surface area contributed by atoms with Crippen molar-refractivity contribution in [1.29, 1.82) is 0 Å². The largest absolute Gasteiger partial charge is 0.328 e. The van der Waals surface area contributed by atoms with Crippen LogP contribution in [0.5, 0.6) is 0 Å². The highest BCUT2D eigenvalue weighted by atomic mass is 16.1. The van der Waals surface area contributed by atoms with E-state index in [1.165, 1.54) is 0 Å². The molecule has 1 heterocycles. The molecule has 0 bridgehead atoms. The van der Waals surface area contributed by atoms with Crippen LogP contribution in [0.4, 0.5) is 5.69 Å². The Morgan fingerprint density at radius 2 is 2.26 bits per heavy atom. The molecule has 1 amide bonds. The van der Waals surface area contributed by atoms with E-state index in [1.807, 2.05) is 31.2 Å². The fourth-order valence-corrected chi connectivity index (χ4v) is 2.03. The van der Waals surface area contributed by atoms with E-state index in [0.717, 1.165) is 29.3 Å². The maximum atomic E-state index is 11.9. The average molecular weight is 257 g/mol. The van der Waals surface area contributed by atoms with Crippen molar-refractivity contribution in [2.45, 2.75) is 32.2 Å². The molecular weight excluding hydrogens is 238 g/mol. The van der Waals surface area contributed by atoms with Crippen molar-refractivity contribution in [3.05, 3.63) is 36.7 Å². The molecule has 2 aromatic rings. The van der Waals surface area contributed by atoms with Crippen molar-refractivity contribution in [3.63, 3.8) is 0 Å². The van der Waals surface area contributed by atoms with E-state index in [4.69, 9.17) is 5.73 Å². The SMILES string of the molecule is CC(N)CCCC(=O)Nc1cccc2cnccc12. The maximum Gasteiger partial charge on any atom is 0.224 e. The van der Waals surface area contributed by atoms with Crippen LogP contribution in [0, 0.1) is 0 Å². The molecule has 0 radical (unpaired) electrons. The van der Waals surface area contributed by atoms with Crippen molar-refractivity contribution in [2.24, 2.45) is 5.73 Å². The van der Waals surface area contributed by atoms with Gasteiger partial charge in [-0.3, -0.25) is 9.78 Å². The average Bonchev–Trinajstić information content (AvgIpc) is 2.39. The summed E-state index contributed by atoms with van der Waals surface area (Å²) in [5.41, 5.74) is 6.51. The molecular formula is C15H19N3O. The van der Waals surface area contributed by atoms with Crippen LogP contribution >= 0.6 is 0 Å². The number of nitrogens with zero attached hydrogens (tertiary/aromatic N) is 1. The number of rotatable bonds is 5. The second-order valence-corrected chi connectivity index (χ2v) is 4.82. The Balaban J connectivity index is 2.03. The summed E-state index contributed by atoms with van der Waals surface area (Å²) in [5.74, 6) is 0.0324. The number of aromatic nitrogens is 1. The number of fused-ring (bicyclic) bond motifs is 1. The van der Waals surface area contributed by atoms with E-state index in [0.29, 0.717) is 6.42 Å². The number of anilines is 1. The van der Waals surface area contributed by atoms with Crippen molar-refractivity contribution in [2.75, 3.05) is 5.32 Å². The highest BCUT2D eigenvalue weighted by molar-refractivity contribution is 6.01. The lowest BCUT2D eigenvalue weighted by Crippen LogP contribution is -2.16. The van der Waals surface area contributed by atoms with Gasteiger partial charge in [-0.1, -0.05) is 12.1 Å². The van der Waals surface area contributed by atoms with Gasteiger partial charge in [0, 0.05) is 41.3 Å². The van der Waals surface area contributed by atoms with Crippen LogP contribution < -0.4 is 11.1 Å². The summed E-state index contributed by atoms with van der Waals surface area (Å²) in [6.07, 6.45) is 5.71. The molecule has 0 saturated heterocycles. The third kappa shape index (κ3) is 3.76. The first-order chi connectivity index (χ1) is 9.16. The van der Waals surface area contributed by atoms with Gasteiger partial charge < -0.3 is 11.1 Å². The first-order valence-electron chi connectivity index (χ1n) is 6.55. The van der Waals surface area contributed by atoms with Crippen LogP contribution in [0.25, 0.3) is 10.8 Å². The summed E-state index contributed by atoms with van der Waals surface area (Å²) >= 11 is 0. The minimum atomic E-state index is 0.0324. The fraction of sp³-hybridized carbons (Fsp3) is 0.333. The van der Waals surface area contributed by atoms with Gasteiger partial charge in [-0.25, -0.2) is 0 Å². The van der Waals surface area contributed by atoms with Crippen molar-refractivity contribution in [3.8, 4) is 0 Å². The van der Waals surface area contributed by atoms with E-state index in [-0.39, 0.29) is 11.9 Å². The van der Waals surface area contributed by atoms with Crippen LogP contribution in [0.15, 0.2) is 36.7 Å². The molecule has 1 aromatic heterocycles. The quantitative estimate of drug-likeness (QED) is 0.865. The van der Waals surface area contributed by atoms with E-state index < -0.39 is 0 Å². The predicted molar refractivity (Wildman–Crippen MR) is 77.9 cm³/mol. The van der Waals surface area contributed by atoms with Gasteiger partial charge >= 0.3 is 0 Å². The van der Waals surface area contributed by atoms with E-state index in [1.54, 1.807) is 12.4 Å². The first-order valence-corrected chi connectivity index (χ1v) is 6.55. The van der Waals surface area contributed by atoms with E-state index in [9.17, 15) is 4.79 Å². The topological polar surface area (TPSA) is 68.0 Å². The van der Waals surface area contributed by atoms with Crippen LogP contribution in [0.1, 0.15) is 26.2 Å². The summed E-state index contributed by atoms with van der Waals surface area (Å²) in [7, 11) is 0. The van der Waals surface area contributed by atoms with Crippen molar-refractivity contribution >= 4 is 22.4 Å². The Bertz CT molecular complexity index is 561. The fourth-order valence-electron chi connectivity index (χ4n) is 2.03. The zero-order valence-electron chi connectivity index (χ0n) is 11.1. The molecule has 1 unspecified atom stereocenters. The van der Waals surface area contributed by atoms with Gasteiger partial charge in [-0.2, -0.15) is 0 Å². The lowest BCUT2D eigenvalue weighted by molar-refractivity contribution is -0.116. The predicted octanol–water partition coefficient (Wildman–Crippen LogP) is 2.69.